The van der Waals surface area contributed by atoms with E-state index < -0.39 is 21.7 Å². The number of hydrogen-bond acceptors (Lipinski definition) is 6. The van der Waals surface area contributed by atoms with Gasteiger partial charge in [0.2, 0.25) is 10.0 Å². The van der Waals surface area contributed by atoms with Crippen LogP contribution in [0.25, 0.3) is 5.69 Å². The molecule has 4 rings (SSSR count). The lowest BCUT2D eigenvalue weighted by Crippen LogP contribution is -2.32. The van der Waals surface area contributed by atoms with Crippen LogP contribution in [0.4, 0.5) is 10.1 Å². The van der Waals surface area contributed by atoms with E-state index in [0.717, 1.165) is 25.7 Å². The van der Waals surface area contributed by atoms with Gasteiger partial charge in [0.1, 0.15) is 16.4 Å². The molecule has 1 saturated heterocycles. The fraction of sp³-hybridized carbons (Fsp3) is 0.333. The highest BCUT2D eigenvalue weighted by molar-refractivity contribution is 7.89. The molecule has 0 saturated carbocycles. The van der Waals surface area contributed by atoms with Crippen LogP contribution in [0.15, 0.2) is 41.3 Å². The van der Waals surface area contributed by atoms with Gasteiger partial charge in [-0.2, -0.15) is 8.99 Å². The van der Waals surface area contributed by atoms with Gasteiger partial charge in [0.05, 0.1) is 5.02 Å². The maximum atomic E-state index is 14.3. The molecule has 174 valence electrons. The van der Waals surface area contributed by atoms with Crippen molar-refractivity contribution in [3.05, 3.63) is 58.6 Å². The van der Waals surface area contributed by atoms with Gasteiger partial charge in [0, 0.05) is 24.3 Å². The fourth-order valence-corrected chi connectivity index (χ4v) is 5.69. The minimum Gasteiger partial charge on any atom is -0.322 e. The zero-order valence-corrected chi connectivity index (χ0v) is 19.4. The third-order valence-electron chi connectivity index (χ3n) is 5.43. The van der Waals surface area contributed by atoms with Gasteiger partial charge >= 0.3 is 0 Å². The van der Waals surface area contributed by atoms with Gasteiger partial charge in [-0.15, -0.1) is 5.10 Å². The van der Waals surface area contributed by atoms with Crippen molar-refractivity contribution in [2.45, 2.75) is 37.5 Å². The number of halogens is 2. The molecule has 1 aliphatic rings. The molecule has 3 aromatic rings. The molecule has 0 aliphatic carbocycles. The Balaban J connectivity index is 1.61. The molecule has 1 aliphatic heterocycles. The van der Waals surface area contributed by atoms with Gasteiger partial charge in [-0.3, -0.25) is 4.79 Å². The Kier molecular flexibility index (Phi) is 6.73. The van der Waals surface area contributed by atoms with Gasteiger partial charge < -0.3 is 5.32 Å². The fourth-order valence-electron chi connectivity index (χ4n) is 3.67. The average molecular weight is 493 g/mol. The number of nitrogens with zero attached hydrogens (tertiary/aromatic N) is 5. The van der Waals surface area contributed by atoms with Crippen LogP contribution < -0.4 is 5.32 Å². The molecule has 0 radical (unpaired) electrons. The van der Waals surface area contributed by atoms with E-state index in [2.05, 4.69) is 20.8 Å². The molecule has 1 aromatic heterocycles. The van der Waals surface area contributed by atoms with Crippen LogP contribution in [-0.4, -0.2) is 51.9 Å². The Labute approximate surface area is 195 Å². The van der Waals surface area contributed by atoms with Crippen molar-refractivity contribution in [1.29, 1.82) is 0 Å². The Morgan fingerprint density at radius 1 is 1.09 bits per heavy atom. The zero-order chi connectivity index (χ0) is 23.6. The molecular formula is C21H22ClFN6O3S. The maximum absolute atomic E-state index is 14.3. The second-order valence-electron chi connectivity index (χ2n) is 7.72. The Morgan fingerprint density at radius 3 is 2.48 bits per heavy atom. The highest BCUT2D eigenvalue weighted by atomic mass is 35.5. The second kappa shape index (κ2) is 9.54. The number of carbonyl (C=O) groups excluding carboxylic acids is 1. The molecular weight excluding hydrogens is 471 g/mol. The summed E-state index contributed by atoms with van der Waals surface area (Å²) in [6.45, 7) is 2.46. The normalized spacial score (nSPS) is 15.2. The van der Waals surface area contributed by atoms with Gasteiger partial charge in [0.15, 0.2) is 5.82 Å². The van der Waals surface area contributed by atoms with E-state index in [1.165, 1.54) is 45.4 Å². The summed E-state index contributed by atoms with van der Waals surface area (Å²) in [5.41, 5.74) is 0.464. The molecule has 2 heterocycles. The number of aryl methyl sites for hydroxylation is 1. The number of anilines is 1. The lowest BCUT2D eigenvalue weighted by Gasteiger charge is -2.21. The minimum absolute atomic E-state index is 0.0500. The van der Waals surface area contributed by atoms with Gasteiger partial charge in [-0.25, -0.2) is 12.8 Å². The largest absolute Gasteiger partial charge is 0.322 e. The summed E-state index contributed by atoms with van der Waals surface area (Å²) in [4.78, 5) is 12.8. The molecule has 2 aromatic carbocycles. The number of nitrogens with one attached hydrogen (secondary N) is 1. The van der Waals surface area contributed by atoms with Crippen molar-refractivity contribution < 1.29 is 17.6 Å². The lowest BCUT2D eigenvalue weighted by molar-refractivity contribution is 0.102. The second-order valence-corrected chi connectivity index (χ2v) is 10.0. The summed E-state index contributed by atoms with van der Waals surface area (Å²) in [6, 6.07) is 8.07. The van der Waals surface area contributed by atoms with Crippen LogP contribution >= 0.6 is 11.6 Å². The molecule has 0 atom stereocenters. The predicted molar refractivity (Wildman–Crippen MR) is 120 cm³/mol. The smallest absolute Gasteiger partial charge is 0.255 e. The minimum atomic E-state index is -3.85. The number of tetrazole rings is 1. The van der Waals surface area contributed by atoms with Crippen molar-refractivity contribution in [2.24, 2.45) is 0 Å². The summed E-state index contributed by atoms with van der Waals surface area (Å²) >= 11 is 6.21. The van der Waals surface area contributed by atoms with E-state index in [1.54, 1.807) is 6.92 Å². The average Bonchev–Trinajstić information content (AvgIpc) is 3.03. The summed E-state index contributed by atoms with van der Waals surface area (Å²) in [5, 5.41) is 13.7. The number of benzene rings is 2. The highest BCUT2D eigenvalue weighted by Gasteiger charge is 2.28. The molecule has 0 bridgehead atoms. The van der Waals surface area contributed by atoms with Crippen LogP contribution in [0.2, 0.25) is 5.02 Å². The van der Waals surface area contributed by atoms with E-state index in [-0.39, 0.29) is 26.9 Å². The van der Waals surface area contributed by atoms with E-state index in [9.17, 15) is 17.6 Å². The molecule has 33 heavy (non-hydrogen) atoms. The molecule has 1 N–H and O–H groups in total. The van der Waals surface area contributed by atoms with Crippen LogP contribution in [0.5, 0.6) is 0 Å². The van der Waals surface area contributed by atoms with E-state index in [1.807, 2.05) is 0 Å². The number of carbonyl (C=O) groups is 1. The Morgan fingerprint density at radius 2 is 1.82 bits per heavy atom. The van der Waals surface area contributed by atoms with Crippen molar-refractivity contribution in [2.75, 3.05) is 18.4 Å². The van der Waals surface area contributed by atoms with E-state index in [4.69, 9.17) is 11.6 Å². The first-order valence-electron chi connectivity index (χ1n) is 10.4. The molecule has 1 amide bonds. The Hall–Kier alpha value is -2.89. The number of hydrogen-bond donors (Lipinski definition) is 1. The van der Waals surface area contributed by atoms with Crippen molar-refractivity contribution in [1.82, 2.24) is 24.5 Å². The van der Waals surface area contributed by atoms with Gasteiger partial charge in [-0.05, 0) is 66.6 Å². The van der Waals surface area contributed by atoms with Crippen LogP contribution in [0, 0.1) is 12.7 Å². The quantitative estimate of drug-likeness (QED) is 0.583. The first kappa shape index (κ1) is 23.3. The standard InChI is InChI=1S/C21H22ClFN6O3S/c1-14-25-26-27-29(14)19-13-16(7-9-18(19)23)24-21(30)15-6-8-17(22)20(12-15)33(31,32)28-10-4-2-3-5-11-28/h6-9,12-13H,2-5,10-11H2,1H3,(H,24,30). The summed E-state index contributed by atoms with van der Waals surface area (Å²) < 4.78 is 43.3. The first-order chi connectivity index (χ1) is 15.8. The Bertz CT molecular complexity index is 1290. The highest BCUT2D eigenvalue weighted by Crippen LogP contribution is 2.28. The molecule has 9 nitrogen and oxygen atoms in total. The van der Waals surface area contributed by atoms with Crippen molar-refractivity contribution in [3.8, 4) is 5.69 Å². The molecule has 12 heteroatoms. The van der Waals surface area contributed by atoms with Gasteiger partial charge in [-0.1, -0.05) is 24.4 Å². The van der Waals surface area contributed by atoms with Crippen LogP contribution in [0.1, 0.15) is 41.9 Å². The SMILES string of the molecule is Cc1nnnn1-c1cc(NC(=O)c2ccc(Cl)c(S(=O)(=O)N3CCCCCC3)c2)ccc1F. The topological polar surface area (TPSA) is 110 Å². The van der Waals surface area contributed by atoms with Crippen LogP contribution in [0.3, 0.4) is 0 Å². The number of amides is 1. The third-order valence-corrected chi connectivity index (χ3v) is 7.81. The van der Waals surface area contributed by atoms with Crippen molar-refractivity contribution in [3.63, 3.8) is 0 Å². The molecule has 0 spiro atoms. The van der Waals surface area contributed by atoms with Crippen molar-refractivity contribution >= 4 is 33.2 Å². The lowest BCUT2D eigenvalue weighted by atomic mass is 10.2. The summed E-state index contributed by atoms with van der Waals surface area (Å²) in [7, 11) is -3.85. The predicted octanol–water partition coefficient (Wildman–Crippen LogP) is 3.58. The zero-order valence-electron chi connectivity index (χ0n) is 17.8. The third kappa shape index (κ3) is 4.90. The maximum Gasteiger partial charge on any atom is 0.255 e. The number of aromatic nitrogens is 4. The van der Waals surface area contributed by atoms with E-state index in [0.29, 0.717) is 18.9 Å². The molecule has 0 unspecified atom stereocenters. The summed E-state index contributed by atoms with van der Waals surface area (Å²) in [5.74, 6) is -0.760. The summed E-state index contributed by atoms with van der Waals surface area (Å²) in [6.07, 6.45) is 3.52. The monoisotopic (exact) mass is 492 g/mol. The number of rotatable bonds is 5. The molecule has 1 fully saturated rings. The van der Waals surface area contributed by atoms with E-state index >= 15 is 0 Å². The number of sulfonamides is 1. The van der Waals surface area contributed by atoms with Gasteiger partial charge in [0.25, 0.3) is 5.91 Å². The first-order valence-corrected chi connectivity index (χ1v) is 12.2. The van der Waals surface area contributed by atoms with Crippen LogP contribution in [-0.2, 0) is 10.0 Å².